The average molecular weight is 339 g/mol. The van der Waals surface area contributed by atoms with Crippen LogP contribution in [0.1, 0.15) is 32.1 Å². The van der Waals surface area contributed by atoms with E-state index in [9.17, 15) is 18.2 Å². The number of rotatable bonds is 8. The van der Waals surface area contributed by atoms with Crippen LogP contribution in [-0.2, 0) is 25.3 Å². The summed E-state index contributed by atoms with van der Waals surface area (Å²) in [5, 5.41) is 2.12. The van der Waals surface area contributed by atoms with Crippen LogP contribution in [0.5, 0.6) is 0 Å². The van der Waals surface area contributed by atoms with Crippen molar-refractivity contribution in [2.45, 2.75) is 38.3 Å². The lowest BCUT2D eigenvalue weighted by Crippen LogP contribution is -2.33. The fourth-order valence-corrected chi connectivity index (χ4v) is 2.62. The first-order valence-corrected chi connectivity index (χ1v) is 8.55. The van der Waals surface area contributed by atoms with Crippen molar-refractivity contribution in [1.82, 2.24) is 5.32 Å². The van der Waals surface area contributed by atoms with E-state index in [1.54, 1.807) is 0 Å². The van der Waals surface area contributed by atoms with Crippen molar-refractivity contribution in [2.24, 2.45) is 5.92 Å². The summed E-state index contributed by atoms with van der Waals surface area (Å²) in [5.41, 5.74) is 0. The summed E-state index contributed by atoms with van der Waals surface area (Å²) in [6, 6.07) is 0. The molecule has 0 aromatic carbocycles. The molecule has 0 radical (unpaired) electrons. The standard InChI is InChI=1S/C13H22FNO6S/c14-11(9-22(18)19)8-15-13(17)21-7-6-20-12(16)10-4-2-1-3-5-10/h10-11H,1-9H2,(H,15,17)(H,18,19)/t11-/m1/s1. The number of carbonyl (C=O) groups is 2. The van der Waals surface area contributed by atoms with Gasteiger partial charge in [0.2, 0.25) is 0 Å². The molecule has 0 bridgehead atoms. The van der Waals surface area contributed by atoms with E-state index in [0.717, 1.165) is 32.1 Å². The molecule has 0 spiro atoms. The van der Waals surface area contributed by atoms with Gasteiger partial charge in [-0.05, 0) is 12.8 Å². The predicted octanol–water partition coefficient (Wildman–Crippen LogP) is 1.40. The molecule has 128 valence electrons. The molecule has 1 aliphatic rings. The van der Waals surface area contributed by atoms with E-state index >= 15 is 0 Å². The minimum absolute atomic E-state index is 0.0392. The van der Waals surface area contributed by atoms with Crippen molar-refractivity contribution in [2.75, 3.05) is 25.5 Å². The van der Waals surface area contributed by atoms with E-state index in [1.807, 2.05) is 0 Å². The third-order valence-electron chi connectivity index (χ3n) is 3.29. The maximum absolute atomic E-state index is 13.0. The second kappa shape index (κ2) is 10.5. The van der Waals surface area contributed by atoms with Gasteiger partial charge in [0, 0.05) is 0 Å². The molecule has 9 heteroatoms. The molecule has 22 heavy (non-hydrogen) atoms. The molecule has 1 amide bonds. The summed E-state index contributed by atoms with van der Waals surface area (Å²) in [5.74, 6) is -0.897. The fraction of sp³-hybridized carbons (Fsp3) is 0.846. The largest absolute Gasteiger partial charge is 0.462 e. The summed E-state index contributed by atoms with van der Waals surface area (Å²) < 4.78 is 41.5. The van der Waals surface area contributed by atoms with Gasteiger partial charge in [0.15, 0.2) is 11.1 Å². The fourth-order valence-electron chi connectivity index (χ4n) is 2.19. The molecule has 0 aliphatic heterocycles. The number of carbonyl (C=O) groups excluding carboxylic acids is 2. The van der Waals surface area contributed by atoms with Crippen LogP contribution in [0.4, 0.5) is 9.18 Å². The number of halogens is 1. The van der Waals surface area contributed by atoms with Crippen LogP contribution in [0.15, 0.2) is 0 Å². The van der Waals surface area contributed by atoms with Gasteiger partial charge in [0.1, 0.15) is 19.4 Å². The van der Waals surface area contributed by atoms with Gasteiger partial charge in [-0.2, -0.15) is 0 Å². The van der Waals surface area contributed by atoms with E-state index in [-0.39, 0.29) is 25.1 Å². The highest BCUT2D eigenvalue weighted by Crippen LogP contribution is 2.24. The number of hydrogen-bond donors (Lipinski definition) is 2. The first kappa shape index (κ1) is 18.8. The molecule has 0 aromatic rings. The Kier molecular flexibility index (Phi) is 8.98. The maximum atomic E-state index is 13.0. The monoisotopic (exact) mass is 339 g/mol. The Bertz CT molecular complexity index is 389. The molecule has 0 aromatic heterocycles. The minimum atomic E-state index is -2.25. The SMILES string of the molecule is O=C(NC[C@@H](F)CS(=O)O)OCCOC(=O)C1CCCCC1. The number of alkyl carbamates (subject to hydrolysis) is 1. The third-order valence-corrected chi connectivity index (χ3v) is 3.94. The van der Waals surface area contributed by atoms with Gasteiger partial charge < -0.3 is 19.3 Å². The van der Waals surface area contributed by atoms with E-state index in [0.29, 0.717) is 0 Å². The lowest BCUT2D eigenvalue weighted by Gasteiger charge is -2.19. The molecule has 1 rings (SSSR count). The minimum Gasteiger partial charge on any atom is -0.462 e. The van der Waals surface area contributed by atoms with Crippen LogP contribution in [-0.4, -0.2) is 52.5 Å². The van der Waals surface area contributed by atoms with Gasteiger partial charge in [0.05, 0.1) is 18.2 Å². The number of hydrogen-bond acceptors (Lipinski definition) is 5. The van der Waals surface area contributed by atoms with Crippen LogP contribution in [0.25, 0.3) is 0 Å². The Hall–Kier alpha value is -1.22. The van der Waals surface area contributed by atoms with Crippen molar-refractivity contribution in [3.05, 3.63) is 0 Å². The van der Waals surface area contributed by atoms with Crippen molar-refractivity contribution >= 4 is 23.1 Å². The Labute approximate surface area is 131 Å². The summed E-state index contributed by atoms with van der Waals surface area (Å²) in [6.07, 6.45) is 2.40. The number of amides is 1. The average Bonchev–Trinajstić information content (AvgIpc) is 2.49. The second-order valence-electron chi connectivity index (χ2n) is 5.10. The Morgan fingerprint density at radius 3 is 2.50 bits per heavy atom. The highest BCUT2D eigenvalue weighted by molar-refractivity contribution is 7.79. The van der Waals surface area contributed by atoms with Crippen LogP contribution in [0, 0.1) is 5.92 Å². The molecule has 1 aliphatic carbocycles. The van der Waals surface area contributed by atoms with Gasteiger partial charge in [-0.3, -0.25) is 4.79 Å². The highest BCUT2D eigenvalue weighted by atomic mass is 32.2. The molecule has 1 saturated carbocycles. The first-order valence-electron chi connectivity index (χ1n) is 7.28. The van der Waals surface area contributed by atoms with Gasteiger partial charge in [0.25, 0.3) is 0 Å². The molecular formula is C13H22FNO6S. The zero-order valence-electron chi connectivity index (χ0n) is 12.3. The normalized spacial score (nSPS) is 18.3. The lowest BCUT2D eigenvalue weighted by molar-refractivity contribution is -0.150. The van der Waals surface area contributed by atoms with E-state index in [1.165, 1.54) is 0 Å². The van der Waals surface area contributed by atoms with Crippen LogP contribution in [0.2, 0.25) is 0 Å². The first-order chi connectivity index (χ1) is 10.5. The van der Waals surface area contributed by atoms with Crippen molar-refractivity contribution in [1.29, 1.82) is 0 Å². The van der Waals surface area contributed by atoms with Gasteiger partial charge >= 0.3 is 12.1 Å². The summed E-state index contributed by atoms with van der Waals surface area (Å²) >= 11 is -2.25. The summed E-state index contributed by atoms with van der Waals surface area (Å²) in [7, 11) is 0. The van der Waals surface area contributed by atoms with E-state index in [2.05, 4.69) is 5.32 Å². The van der Waals surface area contributed by atoms with Gasteiger partial charge in [-0.1, -0.05) is 19.3 Å². The Morgan fingerprint density at radius 1 is 1.23 bits per heavy atom. The second-order valence-corrected chi connectivity index (χ2v) is 6.08. The third kappa shape index (κ3) is 8.28. The molecule has 0 saturated heterocycles. The van der Waals surface area contributed by atoms with Crippen molar-refractivity contribution in [3.63, 3.8) is 0 Å². The van der Waals surface area contributed by atoms with Crippen LogP contribution >= 0.6 is 0 Å². The maximum Gasteiger partial charge on any atom is 0.407 e. The molecule has 1 fully saturated rings. The molecule has 2 atom stereocenters. The summed E-state index contributed by atoms with van der Waals surface area (Å²) in [4.78, 5) is 22.9. The zero-order chi connectivity index (χ0) is 16.4. The molecule has 2 N–H and O–H groups in total. The molecular weight excluding hydrogens is 317 g/mol. The molecule has 1 unspecified atom stereocenters. The molecule has 0 heterocycles. The van der Waals surface area contributed by atoms with Crippen LogP contribution in [0.3, 0.4) is 0 Å². The predicted molar refractivity (Wildman–Crippen MR) is 77.4 cm³/mol. The summed E-state index contributed by atoms with van der Waals surface area (Å²) in [6.45, 7) is -0.567. The number of ether oxygens (including phenoxy) is 2. The lowest BCUT2D eigenvalue weighted by atomic mass is 9.89. The number of esters is 1. The number of nitrogens with one attached hydrogen (secondary N) is 1. The van der Waals surface area contributed by atoms with Gasteiger partial charge in [-0.15, -0.1) is 0 Å². The van der Waals surface area contributed by atoms with Crippen molar-refractivity contribution in [3.8, 4) is 0 Å². The zero-order valence-corrected chi connectivity index (χ0v) is 13.1. The van der Waals surface area contributed by atoms with E-state index < -0.39 is 35.6 Å². The number of alkyl halides is 1. The highest BCUT2D eigenvalue weighted by Gasteiger charge is 2.22. The quantitative estimate of drug-likeness (QED) is 0.394. The van der Waals surface area contributed by atoms with Gasteiger partial charge in [-0.25, -0.2) is 13.4 Å². The van der Waals surface area contributed by atoms with Crippen molar-refractivity contribution < 1.29 is 32.2 Å². The Balaban J connectivity index is 2.04. The smallest absolute Gasteiger partial charge is 0.407 e. The van der Waals surface area contributed by atoms with E-state index in [4.69, 9.17) is 14.0 Å². The topological polar surface area (TPSA) is 102 Å². The Morgan fingerprint density at radius 2 is 1.86 bits per heavy atom. The molecule has 7 nitrogen and oxygen atoms in total. The van der Waals surface area contributed by atoms with Crippen LogP contribution < -0.4 is 5.32 Å².